The number of carbonyl (C=O) groups excluding carboxylic acids is 5. The van der Waals surface area contributed by atoms with Gasteiger partial charge in [-0.1, -0.05) is 0 Å². The highest BCUT2D eigenvalue weighted by Gasteiger charge is 2.53. The summed E-state index contributed by atoms with van der Waals surface area (Å²) in [5.41, 5.74) is -10.5. The molecule has 26 nitrogen and oxygen atoms in total. The van der Waals surface area contributed by atoms with E-state index in [1.165, 1.54) is 0 Å². The Balaban J connectivity index is 1.26. The SMILES string of the molecule is O=C1Oc2c(c(O)cc3c2-c2c(cc(O)c(O)c2O)C(=O)OC(C2OC(=O)c4cc(O)c(O)c(O)c4-c4c(O)c(O)c(O)c5c4C(=O)OC2C5O)C(O)COC3=O)Oc2c1cc(O)c(O)c2O. The first-order valence-electron chi connectivity index (χ1n) is 18.7. The van der Waals surface area contributed by atoms with Crippen molar-refractivity contribution in [2.24, 2.45) is 0 Å². The first-order valence-corrected chi connectivity index (χ1v) is 18.7. The van der Waals surface area contributed by atoms with Gasteiger partial charge < -0.3 is 105 Å². The lowest BCUT2D eigenvalue weighted by Crippen LogP contribution is -2.55. The van der Waals surface area contributed by atoms with Crippen molar-refractivity contribution in [3.8, 4) is 114 Å². The number of cyclic esters (lactones) is 2. The van der Waals surface area contributed by atoms with Gasteiger partial charge in [0.05, 0.1) is 22.3 Å². The molecule has 15 N–H and O–H groups in total. The molecule has 346 valence electrons. The Morgan fingerprint density at radius 2 is 0.851 bits per heavy atom. The van der Waals surface area contributed by atoms with Crippen LogP contribution in [0.3, 0.4) is 0 Å². The number of carbonyl (C=O) groups is 5. The maximum atomic E-state index is 14.6. The normalized spacial score (nSPS) is 20.6. The first kappa shape index (κ1) is 42.9. The van der Waals surface area contributed by atoms with Gasteiger partial charge >= 0.3 is 29.8 Å². The van der Waals surface area contributed by atoms with E-state index in [-0.39, 0.29) is 0 Å². The molecule has 0 aromatic heterocycles. The Morgan fingerprint density at radius 3 is 1.45 bits per heavy atom. The average Bonchev–Trinajstić information content (AvgIpc) is 3.43. The van der Waals surface area contributed by atoms with Gasteiger partial charge in [0.15, 0.2) is 75.8 Å². The van der Waals surface area contributed by atoms with Crippen LogP contribution in [0.1, 0.15) is 63.5 Å². The highest BCUT2D eigenvalue weighted by molar-refractivity contribution is 6.12. The zero-order valence-electron chi connectivity index (χ0n) is 32.6. The molecule has 26 heteroatoms. The predicted molar refractivity (Wildman–Crippen MR) is 206 cm³/mol. The van der Waals surface area contributed by atoms with E-state index in [2.05, 4.69) is 0 Å². The standard InChI is InChI=1S/C41H26O26/c42-10-1-6-15(24(50)21(10)47)17-8(3-13(45)32-34(17)65-40(60)9-4-12(44)23(49)30(56)31(9)63-32)37(57)62-5-14(46)33(64-38(6)58)36-35-28(54)20-19(41(61)66-35)18(26(52)29(55)27(20)53)16-7(39(59)67-36)2-11(43)22(48)25(16)51/h1-4,14,28,33,35-36,42-56H,5H2. The van der Waals surface area contributed by atoms with E-state index in [4.69, 9.17) is 28.4 Å². The topological polar surface area (TPSA) is 444 Å². The lowest BCUT2D eigenvalue weighted by atomic mass is 9.82. The minimum Gasteiger partial charge on any atom is -0.504 e. The van der Waals surface area contributed by atoms with Crippen molar-refractivity contribution in [1.29, 1.82) is 0 Å². The molecule has 5 unspecified atom stereocenters. The van der Waals surface area contributed by atoms with Crippen LogP contribution in [0.5, 0.6) is 92.0 Å². The number of aliphatic hydroxyl groups is 2. The summed E-state index contributed by atoms with van der Waals surface area (Å²) in [4.78, 5) is 70.3. The Kier molecular flexibility index (Phi) is 9.31. The maximum absolute atomic E-state index is 14.6. The molecule has 5 aromatic carbocycles. The van der Waals surface area contributed by atoms with Gasteiger partial charge in [0, 0.05) is 33.9 Å². The fourth-order valence-corrected chi connectivity index (χ4v) is 8.01. The highest BCUT2D eigenvalue weighted by atomic mass is 16.6. The number of phenolic OH excluding ortho intramolecular Hbond substituents is 13. The molecule has 5 atom stereocenters. The monoisotopic (exact) mass is 934 g/mol. The third-order valence-electron chi connectivity index (χ3n) is 11.1. The van der Waals surface area contributed by atoms with Crippen LogP contribution in [-0.2, 0) is 18.9 Å². The second-order valence-corrected chi connectivity index (χ2v) is 14.9. The summed E-state index contributed by atoms with van der Waals surface area (Å²) in [6.45, 7) is -1.40. The van der Waals surface area contributed by atoms with Gasteiger partial charge in [0.25, 0.3) is 0 Å². The molecule has 5 aliphatic heterocycles. The largest absolute Gasteiger partial charge is 0.504 e. The van der Waals surface area contributed by atoms with Crippen LogP contribution in [0.15, 0.2) is 24.3 Å². The Bertz CT molecular complexity index is 3150. The lowest BCUT2D eigenvalue weighted by molar-refractivity contribution is -0.153. The predicted octanol–water partition coefficient (Wildman–Crippen LogP) is 1.39. The van der Waals surface area contributed by atoms with E-state index in [0.29, 0.717) is 24.3 Å². The van der Waals surface area contributed by atoms with E-state index in [9.17, 15) is 101 Å². The second-order valence-electron chi connectivity index (χ2n) is 14.9. The van der Waals surface area contributed by atoms with E-state index in [0.717, 1.165) is 0 Å². The minimum atomic E-state index is -2.65. The highest BCUT2D eigenvalue weighted by Crippen LogP contribution is 2.60. The smallest absolute Gasteiger partial charge is 0.347 e. The van der Waals surface area contributed by atoms with Crippen LogP contribution in [-0.4, -0.2) is 137 Å². The Labute approximate surface area is 367 Å². The molecule has 0 saturated heterocycles. The summed E-state index contributed by atoms with van der Waals surface area (Å²) in [7, 11) is 0. The van der Waals surface area contributed by atoms with Crippen LogP contribution in [0, 0.1) is 0 Å². The fraction of sp³-hybridized carbons (Fsp3) is 0.146. The van der Waals surface area contributed by atoms with Crippen molar-refractivity contribution in [2.75, 3.05) is 6.61 Å². The summed E-state index contributed by atoms with van der Waals surface area (Å²) in [5, 5.41) is 163. The number of ether oxygens (including phenoxy) is 6. The van der Waals surface area contributed by atoms with E-state index in [1.54, 1.807) is 0 Å². The maximum Gasteiger partial charge on any atom is 0.347 e. The minimum absolute atomic E-state index is 0.368. The van der Waals surface area contributed by atoms with E-state index >= 15 is 0 Å². The van der Waals surface area contributed by atoms with Gasteiger partial charge in [0.2, 0.25) is 34.5 Å². The number of rotatable bonds is 1. The molecule has 0 saturated carbocycles. The summed E-state index contributed by atoms with van der Waals surface area (Å²) < 4.78 is 32.7. The molecule has 4 bridgehead atoms. The molecule has 5 aromatic rings. The van der Waals surface area contributed by atoms with Gasteiger partial charge in [-0.3, -0.25) is 0 Å². The summed E-state index contributed by atoms with van der Waals surface area (Å²) in [6.07, 6.45) is -12.9. The van der Waals surface area contributed by atoms with Gasteiger partial charge in [-0.05, 0) is 18.2 Å². The molecular weight excluding hydrogens is 908 g/mol. The zero-order valence-corrected chi connectivity index (χ0v) is 32.6. The van der Waals surface area contributed by atoms with Crippen molar-refractivity contribution in [2.45, 2.75) is 30.5 Å². The molecule has 0 spiro atoms. The zero-order chi connectivity index (χ0) is 48.6. The number of fused-ring (bicyclic) bond motifs is 9. The summed E-state index contributed by atoms with van der Waals surface area (Å²) in [5.74, 6) is -29.3. The van der Waals surface area contributed by atoms with Gasteiger partial charge in [-0.15, -0.1) is 0 Å². The molecule has 5 heterocycles. The number of hydrogen-bond donors (Lipinski definition) is 15. The molecule has 67 heavy (non-hydrogen) atoms. The van der Waals surface area contributed by atoms with Crippen LogP contribution in [0.4, 0.5) is 0 Å². The summed E-state index contributed by atoms with van der Waals surface area (Å²) >= 11 is 0. The number of aromatic hydroxyl groups is 13. The number of benzene rings is 5. The number of hydrogen-bond acceptors (Lipinski definition) is 26. The number of esters is 5. The molecule has 5 aliphatic rings. The van der Waals surface area contributed by atoms with Crippen molar-refractivity contribution in [1.82, 2.24) is 0 Å². The van der Waals surface area contributed by atoms with E-state index in [1.807, 2.05) is 0 Å². The van der Waals surface area contributed by atoms with Gasteiger partial charge in [-0.25, -0.2) is 24.0 Å². The van der Waals surface area contributed by atoms with E-state index < -0.39 is 215 Å². The molecular formula is C41H26O26. The molecule has 0 radical (unpaired) electrons. The first-order chi connectivity index (χ1) is 31.5. The second kappa shape index (κ2) is 14.6. The van der Waals surface area contributed by atoms with Gasteiger partial charge in [-0.2, -0.15) is 0 Å². The third-order valence-corrected chi connectivity index (χ3v) is 11.1. The summed E-state index contributed by atoms with van der Waals surface area (Å²) in [6, 6.07) is 1.84. The van der Waals surface area contributed by atoms with Crippen LogP contribution in [0.2, 0.25) is 0 Å². The molecule has 0 aliphatic carbocycles. The number of aliphatic hydroxyl groups excluding tert-OH is 2. The van der Waals surface area contributed by atoms with Crippen molar-refractivity contribution < 1.29 is 129 Å². The third kappa shape index (κ3) is 6.00. The Morgan fingerprint density at radius 1 is 0.373 bits per heavy atom. The fourth-order valence-electron chi connectivity index (χ4n) is 8.01. The van der Waals surface area contributed by atoms with Crippen molar-refractivity contribution >= 4 is 29.8 Å². The van der Waals surface area contributed by atoms with Crippen molar-refractivity contribution in [3.63, 3.8) is 0 Å². The Hall–Kier alpha value is -9.43. The van der Waals surface area contributed by atoms with Gasteiger partial charge in [0.1, 0.15) is 24.4 Å². The lowest BCUT2D eigenvalue weighted by Gasteiger charge is -2.40. The van der Waals surface area contributed by atoms with Crippen LogP contribution < -0.4 is 9.47 Å². The average molecular weight is 935 g/mol. The van der Waals surface area contributed by atoms with Crippen LogP contribution >= 0.6 is 0 Å². The molecule has 0 fully saturated rings. The van der Waals surface area contributed by atoms with Crippen molar-refractivity contribution in [3.05, 3.63) is 57.6 Å². The quantitative estimate of drug-likeness (QED) is 0.0488. The molecule has 0 amide bonds. The van der Waals surface area contributed by atoms with Crippen LogP contribution in [0.25, 0.3) is 22.3 Å². The molecule has 10 rings (SSSR count). The number of phenols is 13.